The maximum Gasteiger partial charge on any atom is 0.138 e. The van der Waals surface area contributed by atoms with Crippen LogP contribution in [0.5, 0.6) is 11.5 Å². The maximum absolute atomic E-state index is 7.62. The van der Waals surface area contributed by atoms with Crippen molar-refractivity contribution in [3.63, 3.8) is 0 Å². The second kappa shape index (κ2) is 5.45. The molecule has 0 fully saturated rings. The largest absolute Gasteiger partial charge is 0.456 e. The number of rotatable bonds is 3. The summed E-state index contributed by atoms with van der Waals surface area (Å²) in [7, 11) is 0. The van der Waals surface area contributed by atoms with Crippen molar-refractivity contribution in [1.82, 2.24) is 0 Å². The van der Waals surface area contributed by atoms with Crippen molar-refractivity contribution < 1.29 is 4.74 Å². The van der Waals surface area contributed by atoms with Gasteiger partial charge in [0.1, 0.15) is 17.3 Å². The predicted molar refractivity (Wildman–Crippen MR) is 81.1 cm³/mol. The van der Waals surface area contributed by atoms with Gasteiger partial charge < -0.3 is 10.5 Å². The van der Waals surface area contributed by atoms with Crippen LogP contribution in [0.4, 0.5) is 0 Å². The number of amidine groups is 1. The normalized spacial score (nSPS) is 10.3. The van der Waals surface area contributed by atoms with Crippen molar-refractivity contribution >= 4 is 21.8 Å². The lowest BCUT2D eigenvalue weighted by atomic mass is 10.1. The van der Waals surface area contributed by atoms with Crippen LogP contribution in [-0.4, -0.2) is 5.84 Å². The van der Waals surface area contributed by atoms with E-state index in [1.807, 2.05) is 50.2 Å². The zero-order chi connectivity index (χ0) is 14.0. The molecule has 19 heavy (non-hydrogen) atoms. The molecular weight excluding hydrogens is 304 g/mol. The molecule has 0 aliphatic heterocycles. The van der Waals surface area contributed by atoms with E-state index in [0.29, 0.717) is 11.3 Å². The summed E-state index contributed by atoms with van der Waals surface area (Å²) in [6.07, 6.45) is 0. The van der Waals surface area contributed by atoms with Gasteiger partial charge >= 0.3 is 0 Å². The van der Waals surface area contributed by atoms with Crippen LogP contribution in [0.15, 0.2) is 40.9 Å². The molecule has 0 spiro atoms. The van der Waals surface area contributed by atoms with Gasteiger partial charge in [-0.15, -0.1) is 0 Å². The van der Waals surface area contributed by atoms with Crippen LogP contribution >= 0.6 is 15.9 Å². The monoisotopic (exact) mass is 318 g/mol. The third-order valence-corrected chi connectivity index (χ3v) is 3.28. The molecular formula is C15H15BrN2O. The van der Waals surface area contributed by atoms with Gasteiger partial charge in [-0.05, 0) is 49.7 Å². The summed E-state index contributed by atoms with van der Waals surface area (Å²) >= 11 is 3.42. The fraction of sp³-hybridized carbons (Fsp3) is 0.133. The summed E-state index contributed by atoms with van der Waals surface area (Å²) in [6.45, 7) is 3.93. The van der Waals surface area contributed by atoms with E-state index < -0.39 is 0 Å². The Morgan fingerprint density at radius 3 is 2.42 bits per heavy atom. The van der Waals surface area contributed by atoms with Crippen molar-refractivity contribution in [3.05, 3.63) is 57.6 Å². The minimum atomic E-state index is 0.00784. The van der Waals surface area contributed by atoms with Gasteiger partial charge in [-0.1, -0.05) is 27.6 Å². The molecule has 0 bridgehead atoms. The van der Waals surface area contributed by atoms with Crippen LogP contribution in [0.25, 0.3) is 0 Å². The Balaban J connectivity index is 2.40. The molecule has 0 aliphatic carbocycles. The Hall–Kier alpha value is -1.81. The van der Waals surface area contributed by atoms with Crippen LogP contribution in [0.3, 0.4) is 0 Å². The van der Waals surface area contributed by atoms with Crippen LogP contribution < -0.4 is 10.5 Å². The van der Waals surface area contributed by atoms with E-state index in [4.69, 9.17) is 15.9 Å². The molecule has 0 heterocycles. The zero-order valence-corrected chi connectivity index (χ0v) is 12.4. The lowest BCUT2D eigenvalue weighted by molar-refractivity contribution is 0.477. The van der Waals surface area contributed by atoms with Crippen molar-refractivity contribution in [2.75, 3.05) is 0 Å². The molecule has 4 heteroatoms. The molecule has 0 atom stereocenters. The van der Waals surface area contributed by atoms with E-state index in [1.165, 1.54) is 0 Å². The van der Waals surface area contributed by atoms with Gasteiger partial charge in [-0.2, -0.15) is 0 Å². The van der Waals surface area contributed by atoms with Crippen molar-refractivity contribution in [3.8, 4) is 11.5 Å². The summed E-state index contributed by atoms with van der Waals surface area (Å²) < 4.78 is 6.88. The molecule has 2 aromatic rings. The Labute approximate surface area is 121 Å². The number of nitrogens with one attached hydrogen (secondary N) is 1. The summed E-state index contributed by atoms with van der Waals surface area (Å²) in [5.74, 6) is 1.37. The molecule has 2 aromatic carbocycles. The predicted octanol–water partition coefficient (Wildman–Crippen LogP) is 4.14. The number of nitrogen functional groups attached to an aromatic ring is 1. The quantitative estimate of drug-likeness (QED) is 0.660. The number of aryl methyl sites for hydroxylation is 2. The highest BCUT2D eigenvalue weighted by atomic mass is 79.9. The van der Waals surface area contributed by atoms with E-state index in [-0.39, 0.29) is 5.84 Å². The molecule has 0 aliphatic rings. The van der Waals surface area contributed by atoms with Gasteiger partial charge in [-0.25, -0.2) is 0 Å². The van der Waals surface area contributed by atoms with Gasteiger partial charge in [0.05, 0.1) is 5.56 Å². The summed E-state index contributed by atoms with van der Waals surface area (Å²) in [5, 5.41) is 7.62. The first-order valence-corrected chi connectivity index (χ1v) is 6.65. The molecule has 0 aromatic heterocycles. The standard InChI is InChI=1S/C15H15BrN2O/c1-9-3-5-14(12(7-9)15(17)18)19-13-6-4-11(16)8-10(13)2/h3-8H,1-2H3,(H3,17,18). The number of benzene rings is 2. The molecule has 0 saturated carbocycles. The number of nitrogens with two attached hydrogens (primary N) is 1. The van der Waals surface area contributed by atoms with Gasteiger partial charge in [0, 0.05) is 4.47 Å². The van der Waals surface area contributed by atoms with Gasteiger partial charge in [0.25, 0.3) is 0 Å². The molecule has 0 amide bonds. The molecule has 3 N–H and O–H groups in total. The highest BCUT2D eigenvalue weighted by molar-refractivity contribution is 9.10. The first-order valence-electron chi connectivity index (χ1n) is 5.86. The number of hydrogen-bond acceptors (Lipinski definition) is 2. The maximum atomic E-state index is 7.62. The van der Waals surface area contributed by atoms with Crippen molar-refractivity contribution in [1.29, 1.82) is 5.41 Å². The average Bonchev–Trinajstić information content (AvgIpc) is 2.34. The SMILES string of the molecule is Cc1ccc(Oc2ccc(Br)cc2C)c(C(=N)N)c1. The highest BCUT2D eigenvalue weighted by Crippen LogP contribution is 2.30. The summed E-state index contributed by atoms with van der Waals surface area (Å²) in [6, 6.07) is 11.4. The van der Waals surface area contributed by atoms with E-state index in [2.05, 4.69) is 15.9 Å². The lowest BCUT2D eigenvalue weighted by Crippen LogP contribution is -2.12. The third-order valence-electron chi connectivity index (χ3n) is 2.78. The fourth-order valence-electron chi connectivity index (χ4n) is 1.79. The molecule has 98 valence electrons. The van der Waals surface area contributed by atoms with Crippen LogP contribution in [0, 0.1) is 19.3 Å². The Morgan fingerprint density at radius 1 is 1.11 bits per heavy atom. The topological polar surface area (TPSA) is 59.1 Å². The number of ether oxygens (including phenoxy) is 1. The first-order chi connectivity index (χ1) is 8.97. The summed E-state index contributed by atoms with van der Waals surface area (Å²) in [4.78, 5) is 0. The lowest BCUT2D eigenvalue weighted by Gasteiger charge is -2.13. The van der Waals surface area contributed by atoms with E-state index in [1.54, 1.807) is 0 Å². The minimum absolute atomic E-state index is 0.00784. The second-order valence-electron chi connectivity index (χ2n) is 4.43. The van der Waals surface area contributed by atoms with E-state index in [9.17, 15) is 0 Å². The van der Waals surface area contributed by atoms with Gasteiger partial charge in [0.15, 0.2) is 0 Å². The molecule has 3 nitrogen and oxygen atoms in total. The Morgan fingerprint density at radius 2 is 1.79 bits per heavy atom. The zero-order valence-electron chi connectivity index (χ0n) is 10.8. The fourth-order valence-corrected chi connectivity index (χ4v) is 2.26. The molecule has 0 saturated heterocycles. The molecule has 0 unspecified atom stereocenters. The Kier molecular flexibility index (Phi) is 3.90. The van der Waals surface area contributed by atoms with E-state index >= 15 is 0 Å². The highest BCUT2D eigenvalue weighted by Gasteiger charge is 2.09. The van der Waals surface area contributed by atoms with Gasteiger partial charge in [0.2, 0.25) is 0 Å². The van der Waals surface area contributed by atoms with Crippen LogP contribution in [0.1, 0.15) is 16.7 Å². The van der Waals surface area contributed by atoms with Crippen LogP contribution in [-0.2, 0) is 0 Å². The first kappa shape index (κ1) is 13.6. The minimum Gasteiger partial charge on any atom is -0.456 e. The second-order valence-corrected chi connectivity index (χ2v) is 5.34. The van der Waals surface area contributed by atoms with E-state index in [0.717, 1.165) is 21.3 Å². The number of halogens is 1. The third kappa shape index (κ3) is 3.15. The van der Waals surface area contributed by atoms with Crippen LogP contribution in [0.2, 0.25) is 0 Å². The van der Waals surface area contributed by atoms with Gasteiger partial charge in [-0.3, -0.25) is 5.41 Å². The Bertz CT molecular complexity index is 638. The average molecular weight is 319 g/mol. The number of hydrogen-bond donors (Lipinski definition) is 2. The van der Waals surface area contributed by atoms with Crippen molar-refractivity contribution in [2.45, 2.75) is 13.8 Å². The smallest absolute Gasteiger partial charge is 0.138 e. The molecule has 2 rings (SSSR count). The van der Waals surface area contributed by atoms with Crippen molar-refractivity contribution in [2.24, 2.45) is 5.73 Å². The summed E-state index contributed by atoms with van der Waals surface area (Å²) in [5.41, 5.74) is 8.27. The molecule has 0 radical (unpaired) electrons.